The van der Waals surface area contributed by atoms with Crippen molar-refractivity contribution < 1.29 is 13.2 Å². The third-order valence-electron chi connectivity index (χ3n) is 3.74. The van der Waals surface area contributed by atoms with Gasteiger partial charge < -0.3 is 9.30 Å². The molecule has 2 heterocycles. The fourth-order valence-electron chi connectivity index (χ4n) is 2.76. The molecule has 2 aromatic rings. The van der Waals surface area contributed by atoms with Crippen molar-refractivity contribution in [3.63, 3.8) is 0 Å². The minimum absolute atomic E-state index is 0.405. The van der Waals surface area contributed by atoms with Gasteiger partial charge in [-0.1, -0.05) is 11.6 Å². The highest BCUT2D eigenvalue weighted by atomic mass is 32.2. The summed E-state index contributed by atoms with van der Waals surface area (Å²) >= 11 is 0. The van der Waals surface area contributed by atoms with Crippen molar-refractivity contribution in [1.29, 1.82) is 0 Å². The van der Waals surface area contributed by atoms with Gasteiger partial charge in [-0.25, -0.2) is 8.42 Å². The zero-order valence-electron chi connectivity index (χ0n) is 12.3. The monoisotopic (exact) mass is 306 g/mol. The predicted octanol–water partition coefficient (Wildman–Crippen LogP) is 1.91. The Morgan fingerprint density at radius 1 is 1.33 bits per heavy atom. The molecule has 0 aliphatic carbocycles. The molecule has 3 rings (SSSR count). The SMILES string of the molecule is Cc1ccc2c(c1)c1c(n2C)COC/C1=C/NS(C)(=O)=O. The van der Waals surface area contributed by atoms with Crippen LogP contribution < -0.4 is 4.72 Å². The Morgan fingerprint density at radius 2 is 2.10 bits per heavy atom. The Labute approximate surface area is 124 Å². The zero-order chi connectivity index (χ0) is 15.2. The first-order valence-corrected chi connectivity index (χ1v) is 8.58. The van der Waals surface area contributed by atoms with Gasteiger partial charge in [-0.3, -0.25) is 4.72 Å². The first kappa shape index (κ1) is 14.2. The molecule has 0 saturated carbocycles. The lowest BCUT2D eigenvalue weighted by atomic mass is 10.0. The van der Waals surface area contributed by atoms with Crippen molar-refractivity contribution in [2.45, 2.75) is 13.5 Å². The van der Waals surface area contributed by atoms with E-state index in [9.17, 15) is 8.42 Å². The zero-order valence-corrected chi connectivity index (χ0v) is 13.1. The van der Waals surface area contributed by atoms with Gasteiger partial charge in [-0.2, -0.15) is 0 Å². The molecule has 0 bridgehead atoms. The Hall–Kier alpha value is -1.79. The summed E-state index contributed by atoms with van der Waals surface area (Å²) in [6, 6.07) is 6.30. The maximum absolute atomic E-state index is 11.3. The summed E-state index contributed by atoms with van der Waals surface area (Å²) in [6.45, 7) is 2.99. The number of nitrogens with zero attached hydrogens (tertiary/aromatic N) is 1. The summed E-state index contributed by atoms with van der Waals surface area (Å²) < 4.78 is 32.8. The van der Waals surface area contributed by atoms with Gasteiger partial charge in [0.25, 0.3) is 0 Å². The molecular formula is C15H18N2O3S. The minimum Gasteiger partial charge on any atom is -0.370 e. The average Bonchev–Trinajstić information content (AvgIpc) is 2.69. The predicted molar refractivity (Wildman–Crippen MR) is 83.3 cm³/mol. The smallest absolute Gasteiger partial charge is 0.229 e. The second-order valence-electron chi connectivity index (χ2n) is 5.45. The van der Waals surface area contributed by atoms with Crippen LogP contribution >= 0.6 is 0 Å². The molecule has 0 spiro atoms. The quantitative estimate of drug-likeness (QED) is 0.922. The van der Waals surface area contributed by atoms with Crippen LogP contribution in [0.4, 0.5) is 0 Å². The van der Waals surface area contributed by atoms with Crippen LogP contribution in [-0.4, -0.2) is 25.8 Å². The van der Waals surface area contributed by atoms with E-state index in [0.717, 1.165) is 34.0 Å². The molecule has 21 heavy (non-hydrogen) atoms. The Kier molecular flexibility index (Phi) is 3.30. The largest absolute Gasteiger partial charge is 0.370 e. The Balaban J connectivity index is 2.23. The number of benzene rings is 1. The summed E-state index contributed by atoms with van der Waals surface area (Å²) in [7, 11) is -1.26. The molecule has 1 aromatic carbocycles. The first-order valence-electron chi connectivity index (χ1n) is 6.69. The number of ether oxygens (including phenoxy) is 1. The van der Waals surface area contributed by atoms with E-state index in [0.29, 0.717) is 13.2 Å². The van der Waals surface area contributed by atoms with E-state index in [-0.39, 0.29) is 0 Å². The normalized spacial score (nSPS) is 17.2. The van der Waals surface area contributed by atoms with E-state index >= 15 is 0 Å². The first-order chi connectivity index (χ1) is 9.87. The molecule has 5 nitrogen and oxygen atoms in total. The molecule has 1 aliphatic rings. The number of aryl methyl sites for hydroxylation is 2. The maximum Gasteiger partial charge on any atom is 0.229 e. The fraction of sp³-hybridized carbons (Fsp3) is 0.333. The second kappa shape index (κ2) is 4.89. The van der Waals surface area contributed by atoms with Gasteiger partial charge >= 0.3 is 0 Å². The lowest BCUT2D eigenvalue weighted by Gasteiger charge is -2.18. The third kappa shape index (κ3) is 2.56. The molecule has 1 aliphatic heterocycles. The van der Waals surface area contributed by atoms with Gasteiger partial charge in [0.15, 0.2) is 0 Å². The van der Waals surface area contributed by atoms with E-state index in [1.165, 1.54) is 11.8 Å². The molecule has 1 N–H and O–H groups in total. The van der Waals surface area contributed by atoms with Gasteiger partial charge in [0, 0.05) is 35.3 Å². The number of rotatable bonds is 2. The summed E-state index contributed by atoms with van der Waals surface area (Å²) in [4.78, 5) is 0. The van der Waals surface area contributed by atoms with Gasteiger partial charge in [0.05, 0.1) is 25.2 Å². The van der Waals surface area contributed by atoms with Crippen LogP contribution in [-0.2, 0) is 28.4 Å². The van der Waals surface area contributed by atoms with Gasteiger partial charge in [0.2, 0.25) is 10.0 Å². The number of hydrogen-bond acceptors (Lipinski definition) is 3. The van der Waals surface area contributed by atoms with Crippen molar-refractivity contribution in [2.24, 2.45) is 7.05 Å². The molecule has 1 aromatic heterocycles. The topological polar surface area (TPSA) is 60.3 Å². The van der Waals surface area contributed by atoms with Crippen molar-refractivity contribution in [1.82, 2.24) is 9.29 Å². The highest BCUT2D eigenvalue weighted by Gasteiger charge is 2.22. The molecule has 6 heteroatoms. The van der Waals surface area contributed by atoms with Gasteiger partial charge in [-0.05, 0) is 19.1 Å². The highest BCUT2D eigenvalue weighted by Crippen LogP contribution is 2.35. The van der Waals surface area contributed by atoms with Crippen LogP contribution in [0.25, 0.3) is 16.5 Å². The molecular weight excluding hydrogens is 288 g/mol. The Bertz CT molecular complexity index is 847. The molecule has 112 valence electrons. The van der Waals surface area contributed by atoms with Crippen molar-refractivity contribution in [2.75, 3.05) is 12.9 Å². The molecule has 0 unspecified atom stereocenters. The summed E-state index contributed by atoms with van der Waals surface area (Å²) in [5.41, 5.74) is 5.32. The van der Waals surface area contributed by atoms with Crippen LogP contribution in [0, 0.1) is 6.92 Å². The maximum atomic E-state index is 11.3. The van der Waals surface area contributed by atoms with Gasteiger partial charge in [0.1, 0.15) is 0 Å². The molecule has 0 atom stereocenters. The van der Waals surface area contributed by atoms with E-state index in [4.69, 9.17) is 4.74 Å². The summed E-state index contributed by atoms with van der Waals surface area (Å²) in [5, 5.41) is 1.14. The van der Waals surface area contributed by atoms with Crippen LogP contribution in [0.1, 0.15) is 16.8 Å². The van der Waals surface area contributed by atoms with E-state index in [1.807, 2.05) is 7.05 Å². The number of hydrogen-bond donors (Lipinski definition) is 1. The van der Waals surface area contributed by atoms with Crippen LogP contribution in [0.2, 0.25) is 0 Å². The van der Waals surface area contributed by atoms with Crippen LogP contribution in [0.5, 0.6) is 0 Å². The highest BCUT2D eigenvalue weighted by molar-refractivity contribution is 7.88. The van der Waals surface area contributed by atoms with Crippen LogP contribution in [0.3, 0.4) is 0 Å². The van der Waals surface area contributed by atoms with Crippen molar-refractivity contribution in [3.8, 4) is 0 Å². The van der Waals surface area contributed by atoms with E-state index in [2.05, 4.69) is 34.4 Å². The number of fused-ring (bicyclic) bond motifs is 3. The lowest BCUT2D eigenvalue weighted by Crippen LogP contribution is -2.18. The molecule has 0 radical (unpaired) electrons. The second-order valence-corrected chi connectivity index (χ2v) is 7.23. The van der Waals surface area contributed by atoms with Crippen LogP contribution in [0.15, 0.2) is 24.4 Å². The number of sulfonamides is 1. The summed E-state index contributed by atoms with van der Waals surface area (Å²) in [6.07, 6.45) is 2.68. The van der Waals surface area contributed by atoms with Crippen molar-refractivity contribution in [3.05, 3.63) is 41.2 Å². The van der Waals surface area contributed by atoms with E-state index in [1.54, 1.807) is 0 Å². The minimum atomic E-state index is -3.27. The van der Waals surface area contributed by atoms with E-state index < -0.39 is 10.0 Å². The van der Waals surface area contributed by atoms with Gasteiger partial charge in [-0.15, -0.1) is 0 Å². The molecule has 0 amide bonds. The number of nitrogens with one attached hydrogen (secondary N) is 1. The Morgan fingerprint density at radius 3 is 2.81 bits per heavy atom. The standard InChI is InChI=1S/C15H18N2O3S/c1-10-4-5-13-12(6-10)15-11(7-16-21(3,18)19)8-20-9-14(15)17(13)2/h4-7,16H,8-9H2,1-3H3/b11-7-. The number of aromatic nitrogens is 1. The average molecular weight is 306 g/mol. The van der Waals surface area contributed by atoms with Crippen molar-refractivity contribution >= 4 is 26.5 Å². The fourth-order valence-corrected chi connectivity index (χ4v) is 3.12. The lowest BCUT2D eigenvalue weighted by molar-refractivity contribution is 0.141. The molecule has 0 fully saturated rings. The molecule has 0 saturated heterocycles. The third-order valence-corrected chi connectivity index (χ3v) is 4.29. The summed E-state index contributed by atoms with van der Waals surface area (Å²) in [5.74, 6) is 0.